The lowest BCUT2D eigenvalue weighted by Gasteiger charge is -2.06. The van der Waals surface area contributed by atoms with Gasteiger partial charge in [-0.3, -0.25) is 9.36 Å². The fourth-order valence-electron chi connectivity index (χ4n) is 2.64. The SMILES string of the molecule is CCCCCCCCCCCCCCCC(=O)OCCP(=O)(O)O. The van der Waals surface area contributed by atoms with Crippen molar-refractivity contribution in [1.29, 1.82) is 0 Å². The molecule has 0 spiro atoms. The Bertz CT molecular complexity index is 340. The molecule has 0 aromatic rings. The fourth-order valence-corrected chi connectivity index (χ4v) is 2.97. The van der Waals surface area contributed by atoms with Gasteiger partial charge in [-0.1, -0.05) is 84.0 Å². The first-order chi connectivity index (χ1) is 11.5. The Labute approximate surface area is 147 Å². The van der Waals surface area contributed by atoms with E-state index in [4.69, 9.17) is 14.5 Å². The van der Waals surface area contributed by atoms with Crippen LogP contribution < -0.4 is 0 Å². The normalized spacial score (nSPS) is 11.6. The number of hydrogen-bond acceptors (Lipinski definition) is 3. The van der Waals surface area contributed by atoms with Crippen LogP contribution in [0.5, 0.6) is 0 Å². The van der Waals surface area contributed by atoms with Crippen molar-refractivity contribution in [2.45, 2.75) is 96.8 Å². The van der Waals surface area contributed by atoms with Crippen LogP contribution in [-0.2, 0) is 14.1 Å². The number of carbonyl (C=O) groups excluding carboxylic acids is 1. The van der Waals surface area contributed by atoms with E-state index >= 15 is 0 Å². The van der Waals surface area contributed by atoms with Gasteiger partial charge in [0.1, 0.15) is 6.61 Å². The first-order valence-corrected chi connectivity index (χ1v) is 11.5. The Hall–Kier alpha value is -0.380. The minimum absolute atomic E-state index is 0.193. The lowest BCUT2D eigenvalue weighted by molar-refractivity contribution is -0.143. The molecular formula is C18H37O5P. The summed E-state index contributed by atoms with van der Waals surface area (Å²) in [7, 11) is -4.06. The van der Waals surface area contributed by atoms with Gasteiger partial charge in [0.25, 0.3) is 0 Å². The van der Waals surface area contributed by atoms with Gasteiger partial charge in [0.2, 0.25) is 0 Å². The van der Waals surface area contributed by atoms with Gasteiger partial charge >= 0.3 is 13.6 Å². The van der Waals surface area contributed by atoms with E-state index in [2.05, 4.69) is 6.92 Å². The summed E-state index contributed by atoms with van der Waals surface area (Å²) in [5.74, 6) is -0.355. The number of carbonyl (C=O) groups is 1. The van der Waals surface area contributed by atoms with Crippen LogP contribution in [0, 0.1) is 0 Å². The molecule has 0 amide bonds. The molecule has 0 aliphatic carbocycles. The van der Waals surface area contributed by atoms with Crippen LogP contribution >= 0.6 is 7.60 Å². The topological polar surface area (TPSA) is 83.8 Å². The molecule has 0 unspecified atom stereocenters. The quantitative estimate of drug-likeness (QED) is 0.211. The van der Waals surface area contributed by atoms with Crippen molar-refractivity contribution in [2.75, 3.05) is 12.8 Å². The third-order valence-electron chi connectivity index (χ3n) is 4.13. The van der Waals surface area contributed by atoms with Crippen molar-refractivity contribution in [1.82, 2.24) is 0 Å². The molecule has 0 aromatic heterocycles. The third-order valence-corrected chi connectivity index (χ3v) is 4.90. The Morgan fingerprint density at radius 1 is 0.792 bits per heavy atom. The van der Waals surface area contributed by atoms with E-state index in [9.17, 15) is 9.36 Å². The summed E-state index contributed by atoms with van der Waals surface area (Å²) in [4.78, 5) is 28.7. The van der Waals surface area contributed by atoms with Crippen molar-refractivity contribution in [3.8, 4) is 0 Å². The van der Waals surface area contributed by atoms with Crippen molar-refractivity contribution < 1.29 is 23.9 Å². The molecule has 0 aliphatic rings. The van der Waals surface area contributed by atoms with E-state index in [1.807, 2.05) is 0 Å². The number of unbranched alkanes of at least 4 members (excludes halogenated alkanes) is 12. The maximum Gasteiger partial charge on any atom is 0.328 e. The van der Waals surface area contributed by atoms with Crippen LogP contribution in [0.1, 0.15) is 96.8 Å². The fraction of sp³-hybridized carbons (Fsp3) is 0.944. The van der Waals surface area contributed by atoms with Crippen LogP contribution in [0.4, 0.5) is 0 Å². The molecule has 0 atom stereocenters. The minimum atomic E-state index is -4.06. The Balaban J connectivity index is 3.19. The summed E-state index contributed by atoms with van der Waals surface area (Å²) < 4.78 is 15.4. The second-order valence-electron chi connectivity index (χ2n) is 6.60. The van der Waals surface area contributed by atoms with Crippen LogP contribution in [0.25, 0.3) is 0 Å². The van der Waals surface area contributed by atoms with Gasteiger partial charge in [0.15, 0.2) is 0 Å². The van der Waals surface area contributed by atoms with E-state index in [1.54, 1.807) is 0 Å². The molecule has 6 heteroatoms. The molecule has 0 heterocycles. The van der Waals surface area contributed by atoms with Gasteiger partial charge in [-0.25, -0.2) is 0 Å². The van der Waals surface area contributed by atoms with E-state index in [0.29, 0.717) is 6.42 Å². The predicted octanol–water partition coefficient (Wildman–Crippen LogP) is 5.19. The molecule has 144 valence electrons. The first kappa shape index (κ1) is 23.6. The van der Waals surface area contributed by atoms with Crippen molar-refractivity contribution in [2.24, 2.45) is 0 Å². The molecule has 0 saturated carbocycles. The summed E-state index contributed by atoms with van der Waals surface area (Å²) in [5, 5.41) is 0. The van der Waals surface area contributed by atoms with Crippen LogP contribution in [0.2, 0.25) is 0 Å². The van der Waals surface area contributed by atoms with Crippen LogP contribution in [0.15, 0.2) is 0 Å². The number of rotatable bonds is 17. The Morgan fingerprint density at radius 2 is 1.21 bits per heavy atom. The van der Waals surface area contributed by atoms with E-state index in [1.165, 1.54) is 64.2 Å². The highest BCUT2D eigenvalue weighted by molar-refractivity contribution is 7.51. The zero-order chi connectivity index (χ0) is 18.1. The van der Waals surface area contributed by atoms with Crippen molar-refractivity contribution >= 4 is 13.6 Å². The summed E-state index contributed by atoms with van der Waals surface area (Å²) in [6.07, 6.45) is 16.3. The molecule has 0 rings (SSSR count). The smallest absolute Gasteiger partial charge is 0.328 e. The molecule has 0 saturated heterocycles. The van der Waals surface area contributed by atoms with Crippen molar-refractivity contribution in [3.05, 3.63) is 0 Å². The summed E-state index contributed by atoms with van der Waals surface area (Å²) in [6.45, 7) is 2.05. The van der Waals surface area contributed by atoms with Gasteiger partial charge in [-0.15, -0.1) is 0 Å². The van der Waals surface area contributed by atoms with E-state index < -0.39 is 13.8 Å². The Morgan fingerprint density at radius 3 is 1.62 bits per heavy atom. The van der Waals surface area contributed by atoms with Gasteiger partial charge in [0, 0.05) is 6.42 Å². The third kappa shape index (κ3) is 19.7. The highest BCUT2D eigenvalue weighted by Gasteiger charge is 2.13. The zero-order valence-electron chi connectivity index (χ0n) is 15.4. The maximum atomic E-state index is 11.4. The van der Waals surface area contributed by atoms with Crippen molar-refractivity contribution in [3.63, 3.8) is 0 Å². The highest BCUT2D eigenvalue weighted by atomic mass is 31.2. The second-order valence-corrected chi connectivity index (χ2v) is 8.38. The van der Waals surface area contributed by atoms with Gasteiger partial charge < -0.3 is 14.5 Å². The summed E-state index contributed by atoms with van der Waals surface area (Å²) >= 11 is 0. The second kappa shape index (κ2) is 16.1. The van der Waals surface area contributed by atoms with Crippen LogP contribution in [0.3, 0.4) is 0 Å². The van der Waals surface area contributed by atoms with Gasteiger partial charge in [-0.2, -0.15) is 0 Å². The molecule has 0 radical (unpaired) electrons. The number of esters is 1. The predicted molar refractivity (Wildman–Crippen MR) is 98.2 cm³/mol. The maximum absolute atomic E-state index is 11.4. The molecule has 0 aliphatic heterocycles. The molecule has 0 aromatic carbocycles. The van der Waals surface area contributed by atoms with E-state index in [0.717, 1.165) is 19.3 Å². The summed E-state index contributed by atoms with van der Waals surface area (Å²) in [5.41, 5.74) is 0. The molecule has 0 bridgehead atoms. The lowest BCUT2D eigenvalue weighted by Crippen LogP contribution is -2.08. The molecule has 24 heavy (non-hydrogen) atoms. The molecule has 5 nitrogen and oxygen atoms in total. The number of ether oxygens (including phenoxy) is 1. The van der Waals surface area contributed by atoms with Gasteiger partial charge in [-0.05, 0) is 6.42 Å². The number of hydrogen-bond donors (Lipinski definition) is 2. The summed E-state index contributed by atoms with van der Waals surface area (Å²) in [6, 6.07) is 0. The average Bonchev–Trinajstić information content (AvgIpc) is 2.50. The highest BCUT2D eigenvalue weighted by Crippen LogP contribution is 2.33. The minimum Gasteiger partial charge on any atom is -0.465 e. The lowest BCUT2D eigenvalue weighted by atomic mass is 10.0. The van der Waals surface area contributed by atoms with Crippen LogP contribution in [-0.4, -0.2) is 28.5 Å². The largest absolute Gasteiger partial charge is 0.465 e. The standard InChI is InChI=1S/C18H37O5P/c1-2-3-4-5-6-7-8-9-10-11-12-13-14-15-18(19)23-16-17-24(20,21)22/h2-17H2,1H3,(H2,20,21,22). The molecule has 2 N–H and O–H groups in total. The Kier molecular flexibility index (Phi) is 15.9. The molecule has 0 fully saturated rings. The van der Waals surface area contributed by atoms with Gasteiger partial charge in [0.05, 0.1) is 6.16 Å². The first-order valence-electron chi connectivity index (χ1n) is 9.66. The van der Waals surface area contributed by atoms with E-state index in [-0.39, 0.29) is 12.6 Å². The zero-order valence-corrected chi connectivity index (χ0v) is 16.3. The monoisotopic (exact) mass is 364 g/mol. The average molecular weight is 364 g/mol. The molecular weight excluding hydrogens is 327 g/mol.